The summed E-state index contributed by atoms with van der Waals surface area (Å²) in [6.07, 6.45) is 0. The molecule has 2 aromatic rings. The molecule has 94 valence electrons. The lowest BCUT2D eigenvalue weighted by atomic mass is 10.3. The molecule has 0 saturated carbocycles. The number of hydrogen-bond donors (Lipinski definition) is 0. The highest BCUT2D eigenvalue weighted by Gasteiger charge is 2.01. The van der Waals surface area contributed by atoms with Crippen LogP contribution in [0.2, 0.25) is 0 Å². The molecule has 0 radical (unpaired) electrons. The highest BCUT2D eigenvalue weighted by molar-refractivity contribution is 7.99. The maximum Gasteiger partial charge on any atom is 0.136 e. The predicted molar refractivity (Wildman–Crippen MR) is 69.0 cm³/mol. The lowest BCUT2D eigenvalue weighted by Crippen LogP contribution is -2.00. The van der Waals surface area contributed by atoms with E-state index in [2.05, 4.69) is 0 Å². The molecule has 4 heteroatoms. The largest absolute Gasteiger partial charge is 0.493 e. The smallest absolute Gasteiger partial charge is 0.136 e. The highest BCUT2D eigenvalue weighted by atomic mass is 32.2. The summed E-state index contributed by atoms with van der Waals surface area (Å²) in [7, 11) is 0. The van der Waals surface area contributed by atoms with E-state index in [9.17, 15) is 8.78 Å². The third-order valence-electron chi connectivity index (χ3n) is 2.26. The van der Waals surface area contributed by atoms with E-state index >= 15 is 0 Å². The minimum atomic E-state index is -0.289. The summed E-state index contributed by atoms with van der Waals surface area (Å²) >= 11 is 1.40. The van der Waals surface area contributed by atoms with E-state index in [1.807, 2.05) is 0 Å². The SMILES string of the molecule is Fc1ccc(OCCSc2ccccc2F)cc1. The second kappa shape index (κ2) is 6.40. The van der Waals surface area contributed by atoms with Gasteiger partial charge in [-0.05, 0) is 36.4 Å². The first kappa shape index (κ1) is 12.9. The average Bonchev–Trinajstić information content (AvgIpc) is 2.39. The first-order chi connectivity index (χ1) is 8.75. The molecule has 2 rings (SSSR count). The van der Waals surface area contributed by atoms with E-state index < -0.39 is 0 Å². The Morgan fingerprint density at radius 2 is 1.67 bits per heavy atom. The van der Waals surface area contributed by atoms with Gasteiger partial charge in [0.05, 0.1) is 6.61 Å². The van der Waals surface area contributed by atoms with E-state index in [0.29, 0.717) is 23.0 Å². The third-order valence-corrected chi connectivity index (χ3v) is 3.27. The summed E-state index contributed by atoms with van der Waals surface area (Å²) < 4.78 is 31.3. The molecule has 0 unspecified atom stereocenters. The Morgan fingerprint density at radius 3 is 2.39 bits per heavy atom. The first-order valence-corrected chi connectivity index (χ1v) is 6.50. The average molecular weight is 266 g/mol. The standard InChI is InChI=1S/C14H12F2OS/c15-11-5-7-12(8-6-11)17-9-10-18-14-4-2-1-3-13(14)16/h1-8H,9-10H2. The quantitative estimate of drug-likeness (QED) is 0.594. The summed E-state index contributed by atoms with van der Waals surface area (Å²) in [6.45, 7) is 0.449. The van der Waals surface area contributed by atoms with Crippen LogP contribution >= 0.6 is 11.8 Å². The minimum Gasteiger partial charge on any atom is -0.493 e. The van der Waals surface area contributed by atoms with Crippen LogP contribution in [0.4, 0.5) is 8.78 Å². The molecule has 0 aliphatic carbocycles. The molecule has 18 heavy (non-hydrogen) atoms. The number of thioether (sulfide) groups is 1. The molecular weight excluding hydrogens is 254 g/mol. The molecule has 0 fully saturated rings. The molecule has 0 spiro atoms. The number of hydrogen-bond acceptors (Lipinski definition) is 2. The molecule has 0 aliphatic rings. The second-order valence-electron chi connectivity index (χ2n) is 3.58. The second-order valence-corrected chi connectivity index (χ2v) is 4.72. The number of benzene rings is 2. The van der Waals surface area contributed by atoms with Crippen LogP contribution in [0.25, 0.3) is 0 Å². The van der Waals surface area contributed by atoms with Crippen molar-refractivity contribution in [3.05, 3.63) is 60.2 Å². The molecule has 0 N–H and O–H groups in total. The Hall–Kier alpha value is -1.55. The van der Waals surface area contributed by atoms with Crippen LogP contribution in [0.3, 0.4) is 0 Å². The van der Waals surface area contributed by atoms with Crippen molar-refractivity contribution in [3.8, 4) is 5.75 Å². The molecule has 0 atom stereocenters. The van der Waals surface area contributed by atoms with Gasteiger partial charge in [-0.25, -0.2) is 8.78 Å². The lowest BCUT2D eigenvalue weighted by Gasteiger charge is -2.06. The van der Waals surface area contributed by atoms with Crippen molar-refractivity contribution in [3.63, 3.8) is 0 Å². The maximum atomic E-state index is 13.3. The monoisotopic (exact) mass is 266 g/mol. The van der Waals surface area contributed by atoms with Crippen molar-refractivity contribution in [2.75, 3.05) is 12.4 Å². The fraction of sp³-hybridized carbons (Fsp3) is 0.143. The van der Waals surface area contributed by atoms with E-state index in [4.69, 9.17) is 4.74 Å². The number of halogens is 2. The van der Waals surface area contributed by atoms with E-state index in [-0.39, 0.29) is 11.6 Å². The molecule has 0 bridgehead atoms. The van der Waals surface area contributed by atoms with Crippen molar-refractivity contribution in [1.82, 2.24) is 0 Å². The fourth-order valence-corrected chi connectivity index (χ4v) is 2.17. The molecule has 1 nitrogen and oxygen atoms in total. The van der Waals surface area contributed by atoms with Crippen LogP contribution in [-0.2, 0) is 0 Å². The molecule has 0 amide bonds. The number of rotatable bonds is 5. The summed E-state index contributed by atoms with van der Waals surface area (Å²) in [5, 5.41) is 0. The van der Waals surface area contributed by atoms with Gasteiger partial charge in [0.2, 0.25) is 0 Å². The molecular formula is C14H12F2OS. The maximum absolute atomic E-state index is 13.3. The number of ether oxygens (including phenoxy) is 1. The van der Waals surface area contributed by atoms with Crippen molar-refractivity contribution >= 4 is 11.8 Å². The Kier molecular flexibility index (Phi) is 4.59. The lowest BCUT2D eigenvalue weighted by molar-refractivity contribution is 0.343. The zero-order chi connectivity index (χ0) is 12.8. The molecule has 0 saturated heterocycles. The van der Waals surface area contributed by atoms with Crippen LogP contribution in [0.15, 0.2) is 53.4 Å². The van der Waals surface area contributed by atoms with Gasteiger partial charge in [-0.2, -0.15) is 0 Å². The summed E-state index contributed by atoms with van der Waals surface area (Å²) in [5.74, 6) is 0.746. The van der Waals surface area contributed by atoms with Crippen LogP contribution in [0.1, 0.15) is 0 Å². The van der Waals surface area contributed by atoms with Gasteiger partial charge in [-0.3, -0.25) is 0 Å². The zero-order valence-electron chi connectivity index (χ0n) is 9.61. The molecule has 0 aliphatic heterocycles. The Balaban J connectivity index is 1.76. The van der Waals surface area contributed by atoms with Crippen LogP contribution in [0.5, 0.6) is 5.75 Å². The van der Waals surface area contributed by atoms with Crippen LogP contribution < -0.4 is 4.74 Å². The van der Waals surface area contributed by atoms with Gasteiger partial charge >= 0.3 is 0 Å². The van der Waals surface area contributed by atoms with Crippen molar-refractivity contribution in [2.45, 2.75) is 4.90 Å². The van der Waals surface area contributed by atoms with Crippen molar-refractivity contribution < 1.29 is 13.5 Å². The summed E-state index contributed by atoms with van der Waals surface area (Å²) in [4.78, 5) is 0.611. The van der Waals surface area contributed by atoms with E-state index in [0.717, 1.165) is 0 Å². The van der Waals surface area contributed by atoms with Gasteiger partial charge in [0.15, 0.2) is 0 Å². The molecule has 0 aromatic heterocycles. The molecule has 2 aromatic carbocycles. The normalized spacial score (nSPS) is 10.3. The zero-order valence-corrected chi connectivity index (χ0v) is 10.4. The Bertz CT molecular complexity index is 499. The topological polar surface area (TPSA) is 9.23 Å². The fourth-order valence-electron chi connectivity index (χ4n) is 1.40. The highest BCUT2D eigenvalue weighted by Crippen LogP contribution is 2.21. The van der Waals surface area contributed by atoms with Gasteiger partial charge in [0, 0.05) is 10.6 Å². The van der Waals surface area contributed by atoms with E-state index in [1.165, 1.54) is 30.0 Å². The minimum absolute atomic E-state index is 0.218. The van der Waals surface area contributed by atoms with Crippen LogP contribution in [0, 0.1) is 11.6 Å². The van der Waals surface area contributed by atoms with E-state index in [1.54, 1.807) is 30.3 Å². The first-order valence-electron chi connectivity index (χ1n) is 5.51. The third kappa shape index (κ3) is 3.74. The van der Waals surface area contributed by atoms with Crippen LogP contribution in [-0.4, -0.2) is 12.4 Å². The van der Waals surface area contributed by atoms with Gasteiger partial charge in [-0.1, -0.05) is 12.1 Å². The summed E-state index contributed by atoms with van der Waals surface area (Å²) in [5.41, 5.74) is 0. The van der Waals surface area contributed by atoms with Gasteiger partial charge in [0.25, 0.3) is 0 Å². The van der Waals surface area contributed by atoms with Gasteiger partial charge in [0.1, 0.15) is 17.4 Å². The molecule has 0 heterocycles. The Morgan fingerprint density at radius 1 is 0.944 bits per heavy atom. The predicted octanol–water partition coefficient (Wildman–Crippen LogP) is 4.14. The van der Waals surface area contributed by atoms with Crippen molar-refractivity contribution in [1.29, 1.82) is 0 Å². The van der Waals surface area contributed by atoms with Gasteiger partial charge in [-0.15, -0.1) is 11.8 Å². The summed E-state index contributed by atoms with van der Waals surface area (Å²) in [6, 6.07) is 12.5. The Labute approximate surface area is 109 Å². The van der Waals surface area contributed by atoms with Gasteiger partial charge < -0.3 is 4.74 Å². The van der Waals surface area contributed by atoms with Crippen molar-refractivity contribution in [2.24, 2.45) is 0 Å².